The Morgan fingerprint density at radius 3 is 2.97 bits per heavy atom. The summed E-state index contributed by atoms with van der Waals surface area (Å²) in [7, 11) is -3.96. The molecule has 9 nitrogen and oxygen atoms in total. The van der Waals surface area contributed by atoms with E-state index in [4.69, 9.17) is 20.9 Å². The van der Waals surface area contributed by atoms with Crippen molar-refractivity contribution in [2.45, 2.75) is 31.8 Å². The number of nitrogens with two attached hydrogens (primary N) is 1. The minimum absolute atomic E-state index is 0.0354. The predicted molar refractivity (Wildman–Crippen MR) is 140 cm³/mol. The Morgan fingerprint density at radius 2 is 2.14 bits per heavy atom. The summed E-state index contributed by atoms with van der Waals surface area (Å²) in [4.78, 5) is 22.3. The second kappa shape index (κ2) is 10.3. The maximum Gasteiger partial charge on any atom is 0.333 e. The molecule has 188 valence electrons. The summed E-state index contributed by atoms with van der Waals surface area (Å²) in [6, 6.07) is 9.76. The maximum atomic E-state index is 13.4. The van der Waals surface area contributed by atoms with E-state index in [0.717, 1.165) is 29.3 Å². The number of hydrogen-bond donors (Lipinski definition) is 2. The lowest BCUT2D eigenvalue weighted by Gasteiger charge is -2.15. The van der Waals surface area contributed by atoms with Crippen molar-refractivity contribution in [1.82, 2.24) is 14.5 Å². The Balaban J connectivity index is 1.27. The molecule has 3 heterocycles. The molecule has 1 fully saturated rings. The molecule has 0 aliphatic heterocycles. The molecule has 0 saturated heterocycles. The van der Waals surface area contributed by atoms with Crippen LogP contribution in [-0.2, 0) is 21.0 Å². The van der Waals surface area contributed by atoms with Gasteiger partial charge in [-0.05, 0) is 65.8 Å². The number of aromatic nitrogens is 3. The Bertz CT molecular complexity index is 1520. The molecule has 3 aromatic heterocycles. The van der Waals surface area contributed by atoms with Gasteiger partial charge in [0.1, 0.15) is 12.1 Å². The van der Waals surface area contributed by atoms with Gasteiger partial charge in [0.15, 0.2) is 0 Å². The molecule has 5 rings (SSSR count). The molecule has 1 aliphatic rings. The number of fused-ring (bicyclic) bond motifs is 1. The van der Waals surface area contributed by atoms with Crippen molar-refractivity contribution < 1.29 is 17.4 Å². The molecule has 36 heavy (non-hydrogen) atoms. The van der Waals surface area contributed by atoms with E-state index in [-0.39, 0.29) is 24.3 Å². The predicted octanol–water partition coefficient (Wildman–Crippen LogP) is 4.23. The highest BCUT2D eigenvalue weighted by atomic mass is 35.5. The van der Waals surface area contributed by atoms with E-state index < -0.39 is 10.3 Å². The second-order valence-electron chi connectivity index (χ2n) is 8.88. The zero-order chi connectivity index (χ0) is 25.3. The van der Waals surface area contributed by atoms with Crippen molar-refractivity contribution in [2.75, 3.05) is 11.9 Å². The van der Waals surface area contributed by atoms with E-state index in [1.54, 1.807) is 0 Å². The van der Waals surface area contributed by atoms with Gasteiger partial charge in [-0.2, -0.15) is 8.42 Å². The summed E-state index contributed by atoms with van der Waals surface area (Å²) in [5, 5.41) is 12.0. The van der Waals surface area contributed by atoms with Crippen LogP contribution in [0.1, 0.15) is 40.1 Å². The van der Waals surface area contributed by atoms with Gasteiger partial charge in [0.2, 0.25) is 5.78 Å². The summed E-state index contributed by atoms with van der Waals surface area (Å²) >= 11 is 7.56. The smallest absolute Gasteiger partial charge is 0.333 e. The molecule has 0 radical (unpaired) electrons. The fraction of sp³-hybridized carbons (Fsp3) is 0.292. The first kappa shape index (κ1) is 24.8. The molecule has 2 atom stereocenters. The zero-order valence-electron chi connectivity index (χ0n) is 19.1. The van der Waals surface area contributed by atoms with Gasteiger partial charge in [-0.1, -0.05) is 17.7 Å². The Hall–Kier alpha value is -2.83. The number of carbonyl (C=O) groups is 1. The van der Waals surface area contributed by atoms with Crippen LogP contribution in [-0.4, -0.2) is 41.4 Å². The number of ketones is 1. The van der Waals surface area contributed by atoms with Gasteiger partial charge in [0.05, 0.1) is 17.0 Å². The van der Waals surface area contributed by atoms with E-state index in [1.807, 2.05) is 41.9 Å². The standard InChI is InChI=1S/C24H24ClN5O4S2/c25-18-3-2-17-5-6-30(21(17)9-18)11-16-8-22(35-13-16)23(31)20-10-27-14-28-24(20)29-19-4-1-15(7-19)12-34-36(26,32)33/h2-3,5-6,8-10,13-15,19H,1,4,7,11-12H2,(H2,26,32,33)(H,27,28,29)/t15-,19?/m1/s1. The molecule has 1 unspecified atom stereocenters. The van der Waals surface area contributed by atoms with Crippen LogP contribution in [0.25, 0.3) is 10.9 Å². The number of nitrogens with zero attached hydrogens (tertiary/aromatic N) is 3. The number of halogens is 1. The molecule has 0 spiro atoms. The quantitative estimate of drug-likeness (QED) is 0.301. The van der Waals surface area contributed by atoms with E-state index in [0.29, 0.717) is 34.2 Å². The van der Waals surface area contributed by atoms with Gasteiger partial charge in [-0.15, -0.1) is 11.3 Å². The lowest BCUT2D eigenvalue weighted by molar-refractivity contribution is 0.104. The van der Waals surface area contributed by atoms with Crippen LogP contribution in [0.2, 0.25) is 5.02 Å². The van der Waals surface area contributed by atoms with Crippen molar-refractivity contribution in [1.29, 1.82) is 0 Å². The van der Waals surface area contributed by atoms with E-state index >= 15 is 0 Å². The third-order valence-electron chi connectivity index (χ3n) is 6.27. The summed E-state index contributed by atoms with van der Waals surface area (Å²) in [5.74, 6) is 0.372. The van der Waals surface area contributed by atoms with Crippen LogP contribution in [0.4, 0.5) is 5.82 Å². The molecule has 3 N–H and O–H groups in total. The monoisotopic (exact) mass is 545 g/mol. The van der Waals surface area contributed by atoms with E-state index in [2.05, 4.69) is 19.9 Å². The van der Waals surface area contributed by atoms with Crippen LogP contribution < -0.4 is 10.5 Å². The highest BCUT2D eigenvalue weighted by molar-refractivity contribution is 7.84. The minimum atomic E-state index is -3.96. The molecule has 4 aromatic rings. The number of carbonyl (C=O) groups excluding carboxylic acids is 1. The molecule has 0 amide bonds. The fourth-order valence-electron chi connectivity index (χ4n) is 4.55. The largest absolute Gasteiger partial charge is 0.367 e. The molecular weight excluding hydrogens is 522 g/mol. The lowest BCUT2D eigenvalue weighted by atomic mass is 10.1. The van der Waals surface area contributed by atoms with Crippen molar-refractivity contribution >= 4 is 55.7 Å². The summed E-state index contributed by atoms with van der Waals surface area (Å²) in [6.07, 6.45) is 7.21. The molecule has 0 bridgehead atoms. The summed E-state index contributed by atoms with van der Waals surface area (Å²) in [5.41, 5.74) is 2.45. The van der Waals surface area contributed by atoms with Crippen molar-refractivity contribution in [3.05, 3.63) is 75.5 Å². The van der Waals surface area contributed by atoms with Crippen LogP contribution in [0.3, 0.4) is 0 Å². The number of thiophene rings is 1. The number of nitrogens with one attached hydrogen (secondary N) is 1. The third kappa shape index (κ3) is 5.76. The van der Waals surface area contributed by atoms with Crippen molar-refractivity contribution in [2.24, 2.45) is 11.1 Å². The zero-order valence-corrected chi connectivity index (χ0v) is 21.5. The first-order chi connectivity index (χ1) is 17.2. The number of anilines is 1. The lowest BCUT2D eigenvalue weighted by Crippen LogP contribution is -2.22. The van der Waals surface area contributed by atoms with Gasteiger partial charge >= 0.3 is 10.3 Å². The van der Waals surface area contributed by atoms with Crippen LogP contribution in [0.15, 0.2) is 54.4 Å². The Labute approximate surface area is 217 Å². The fourth-order valence-corrected chi connectivity index (χ4v) is 5.96. The number of benzene rings is 1. The molecule has 12 heteroatoms. The first-order valence-electron chi connectivity index (χ1n) is 11.4. The Morgan fingerprint density at radius 1 is 1.28 bits per heavy atom. The minimum Gasteiger partial charge on any atom is -0.367 e. The topological polar surface area (TPSA) is 129 Å². The summed E-state index contributed by atoms with van der Waals surface area (Å²) < 4.78 is 29.0. The van der Waals surface area contributed by atoms with Gasteiger partial charge in [-0.25, -0.2) is 15.1 Å². The van der Waals surface area contributed by atoms with Gasteiger partial charge < -0.3 is 9.88 Å². The van der Waals surface area contributed by atoms with Gasteiger partial charge in [0.25, 0.3) is 0 Å². The molecule has 1 saturated carbocycles. The first-order valence-corrected chi connectivity index (χ1v) is 14.1. The van der Waals surface area contributed by atoms with Crippen LogP contribution in [0.5, 0.6) is 0 Å². The number of hydrogen-bond acceptors (Lipinski definition) is 8. The van der Waals surface area contributed by atoms with Crippen LogP contribution >= 0.6 is 22.9 Å². The number of rotatable bonds is 9. The van der Waals surface area contributed by atoms with Crippen molar-refractivity contribution in [3.63, 3.8) is 0 Å². The normalized spacial score (nSPS) is 18.1. The molecular formula is C24H24ClN5O4S2. The van der Waals surface area contributed by atoms with Gasteiger partial charge in [0, 0.05) is 35.5 Å². The van der Waals surface area contributed by atoms with Crippen molar-refractivity contribution in [3.8, 4) is 0 Å². The molecule has 1 aromatic carbocycles. The average molecular weight is 546 g/mol. The maximum absolute atomic E-state index is 13.4. The SMILES string of the molecule is NS(=O)(=O)OC[C@@H]1CCC(Nc2ncncc2C(=O)c2cc(Cn3ccc4ccc(Cl)cc43)cs2)C1. The van der Waals surface area contributed by atoms with E-state index in [1.165, 1.54) is 23.9 Å². The highest BCUT2D eigenvalue weighted by Crippen LogP contribution is 2.30. The Kier molecular flexibility index (Phi) is 7.09. The van der Waals surface area contributed by atoms with Crippen LogP contribution in [0, 0.1) is 5.92 Å². The van der Waals surface area contributed by atoms with Gasteiger partial charge in [-0.3, -0.25) is 8.98 Å². The third-order valence-corrected chi connectivity index (χ3v) is 7.95. The highest BCUT2D eigenvalue weighted by Gasteiger charge is 2.28. The average Bonchev–Trinajstić information content (AvgIpc) is 3.58. The van der Waals surface area contributed by atoms with E-state index in [9.17, 15) is 13.2 Å². The summed E-state index contributed by atoms with van der Waals surface area (Å²) in [6.45, 7) is 0.668. The molecule has 1 aliphatic carbocycles. The second-order valence-corrected chi connectivity index (χ2v) is 11.4.